The molecule has 0 heterocycles. The molecule has 0 radical (unpaired) electrons. The lowest BCUT2D eigenvalue weighted by molar-refractivity contribution is -0.114. The van der Waals surface area contributed by atoms with Crippen molar-refractivity contribution in [1.29, 1.82) is 0 Å². The van der Waals surface area contributed by atoms with Crippen LogP contribution in [0.3, 0.4) is 0 Å². The molecule has 0 aromatic heterocycles. The lowest BCUT2D eigenvalue weighted by Gasteiger charge is -2.14. The number of methoxy groups -OCH3 is 1. The van der Waals surface area contributed by atoms with Gasteiger partial charge in [0.25, 0.3) is 5.91 Å². The molecule has 3 N–H and O–H groups in total. The van der Waals surface area contributed by atoms with E-state index in [4.69, 9.17) is 4.74 Å². The van der Waals surface area contributed by atoms with E-state index in [1.807, 2.05) is 24.3 Å². The SMILES string of the molecule is COc1ccccc1CCNC(=O)c1cc(NC(C)=O)ccc1NS(C)(=O)=O. The van der Waals surface area contributed by atoms with E-state index in [2.05, 4.69) is 15.4 Å². The molecule has 0 bridgehead atoms. The Balaban J connectivity index is 2.17. The molecule has 0 saturated heterocycles. The van der Waals surface area contributed by atoms with Crippen LogP contribution in [0.2, 0.25) is 0 Å². The quantitative estimate of drug-likeness (QED) is 0.622. The molecule has 0 aliphatic carbocycles. The van der Waals surface area contributed by atoms with Crippen molar-refractivity contribution < 1.29 is 22.7 Å². The predicted molar refractivity (Wildman–Crippen MR) is 108 cm³/mol. The van der Waals surface area contributed by atoms with E-state index in [0.717, 1.165) is 17.6 Å². The van der Waals surface area contributed by atoms with Crippen LogP contribution in [0, 0.1) is 0 Å². The zero-order valence-electron chi connectivity index (χ0n) is 15.9. The zero-order valence-corrected chi connectivity index (χ0v) is 16.7. The Kier molecular flexibility index (Phi) is 7.00. The molecular weight excluding hydrogens is 382 g/mol. The van der Waals surface area contributed by atoms with Crippen molar-refractivity contribution in [2.24, 2.45) is 0 Å². The number of ether oxygens (including phenoxy) is 1. The Bertz CT molecular complexity index is 973. The molecule has 2 aromatic carbocycles. The summed E-state index contributed by atoms with van der Waals surface area (Å²) in [4.78, 5) is 23.9. The number of sulfonamides is 1. The highest BCUT2D eigenvalue weighted by molar-refractivity contribution is 7.92. The molecular formula is C19H23N3O5S. The zero-order chi connectivity index (χ0) is 20.7. The van der Waals surface area contributed by atoms with E-state index in [0.29, 0.717) is 18.7 Å². The summed E-state index contributed by atoms with van der Waals surface area (Å²) in [5.41, 5.74) is 1.57. The Hall–Kier alpha value is -3.07. The summed E-state index contributed by atoms with van der Waals surface area (Å²) in [5, 5.41) is 5.34. The fourth-order valence-corrected chi connectivity index (χ4v) is 3.19. The van der Waals surface area contributed by atoms with Gasteiger partial charge in [-0.15, -0.1) is 0 Å². The number of carbonyl (C=O) groups excluding carboxylic acids is 2. The number of nitrogens with one attached hydrogen (secondary N) is 3. The van der Waals surface area contributed by atoms with Crippen LogP contribution < -0.4 is 20.1 Å². The molecule has 9 heteroatoms. The normalized spacial score (nSPS) is 10.8. The number of carbonyl (C=O) groups is 2. The first-order chi connectivity index (χ1) is 13.2. The molecule has 0 fully saturated rings. The van der Waals surface area contributed by atoms with Gasteiger partial charge in [-0.1, -0.05) is 18.2 Å². The Morgan fingerprint density at radius 1 is 1.11 bits per heavy atom. The molecule has 0 aliphatic heterocycles. The summed E-state index contributed by atoms with van der Waals surface area (Å²) in [6.07, 6.45) is 1.54. The van der Waals surface area contributed by atoms with Gasteiger partial charge in [0, 0.05) is 19.2 Å². The maximum absolute atomic E-state index is 12.6. The Morgan fingerprint density at radius 3 is 2.46 bits per heavy atom. The molecule has 28 heavy (non-hydrogen) atoms. The van der Waals surface area contributed by atoms with Gasteiger partial charge in [0.05, 0.1) is 24.6 Å². The largest absolute Gasteiger partial charge is 0.496 e. The van der Waals surface area contributed by atoms with E-state index >= 15 is 0 Å². The van der Waals surface area contributed by atoms with Crippen LogP contribution in [-0.4, -0.2) is 40.1 Å². The maximum Gasteiger partial charge on any atom is 0.253 e. The Morgan fingerprint density at radius 2 is 1.82 bits per heavy atom. The molecule has 0 spiro atoms. The lowest BCUT2D eigenvalue weighted by Crippen LogP contribution is -2.27. The van der Waals surface area contributed by atoms with E-state index in [9.17, 15) is 18.0 Å². The van der Waals surface area contributed by atoms with Crippen molar-refractivity contribution in [3.05, 3.63) is 53.6 Å². The summed E-state index contributed by atoms with van der Waals surface area (Å²) < 4.78 is 30.8. The number of amides is 2. The number of hydrogen-bond donors (Lipinski definition) is 3. The molecule has 0 atom stereocenters. The second-order valence-electron chi connectivity index (χ2n) is 6.13. The maximum atomic E-state index is 12.6. The number of anilines is 2. The van der Waals surface area contributed by atoms with Gasteiger partial charge in [-0.3, -0.25) is 14.3 Å². The molecule has 2 amide bonds. The topological polar surface area (TPSA) is 114 Å². The predicted octanol–water partition coefficient (Wildman–Crippen LogP) is 2.00. The van der Waals surface area contributed by atoms with Gasteiger partial charge < -0.3 is 15.4 Å². The molecule has 2 aromatic rings. The molecule has 0 unspecified atom stereocenters. The van der Waals surface area contributed by atoms with Crippen LogP contribution in [0.25, 0.3) is 0 Å². The van der Waals surface area contributed by atoms with Crippen LogP contribution in [0.1, 0.15) is 22.8 Å². The minimum absolute atomic E-state index is 0.108. The van der Waals surface area contributed by atoms with Gasteiger partial charge in [-0.2, -0.15) is 0 Å². The molecule has 0 aliphatic rings. The summed E-state index contributed by atoms with van der Waals surface area (Å²) in [5.74, 6) is -0.0385. The summed E-state index contributed by atoms with van der Waals surface area (Å²) in [7, 11) is -2.00. The first kappa shape index (κ1) is 21.2. The average Bonchev–Trinajstić information content (AvgIpc) is 2.61. The van der Waals surface area contributed by atoms with Gasteiger partial charge in [-0.25, -0.2) is 8.42 Å². The van der Waals surface area contributed by atoms with Gasteiger partial charge in [-0.05, 0) is 36.2 Å². The smallest absolute Gasteiger partial charge is 0.253 e. The molecule has 8 nitrogen and oxygen atoms in total. The van der Waals surface area contributed by atoms with Crippen LogP contribution in [0.5, 0.6) is 5.75 Å². The minimum Gasteiger partial charge on any atom is -0.496 e. The van der Waals surface area contributed by atoms with E-state index in [-0.39, 0.29) is 17.2 Å². The van der Waals surface area contributed by atoms with Crippen molar-refractivity contribution in [3.63, 3.8) is 0 Å². The highest BCUT2D eigenvalue weighted by atomic mass is 32.2. The molecule has 150 valence electrons. The van der Waals surface area contributed by atoms with Crippen molar-refractivity contribution in [1.82, 2.24) is 5.32 Å². The lowest BCUT2D eigenvalue weighted by atomic mass is 10.1. The van der Waals surface area contributed by atoms with Crippen molar-refractivity contribution >= 4 is 33.2 Å². The van der Waals surface area contributed by atoms with Crippen molar-refractivity contribution in [2.45, 2.75) is 13.3 Å². The third-order valence-electron chi connectivity index (χ3n) is 3.75. The molecule has 2 rings (SSSR count). The van der Waals surface area contributed by atoms with Gasteiger partial charge in [0.2, 0.25) is 15.9 Å². The van der Waals surface area contributed by atoms with E-state index in [1.54, 1.807) is 7.11 Å². The standard InChI is InChI=1S/C19H23N3O5S/c1-13(23)21-15-8-9-17(22-28(3,25)26)16(12-15)19(24)20-11-10-14-6-4-5-7-18(14)27-2/h4-9,12,22H,10-11H2,1-3H3,(H,20,24)(H,21,23). The first-order valence-electron chi connectivity index (χ1n) is 8.49. The highest BCUT2D eigenvalue weighted by Gasteiger charge is 2.15. The van der Waals surface area contributed by atoms with Crippen LogP contribution in [0.4, 0.5) is 11.4 Å². The van der Waals surface area contributed by atoms with E-state index < -0.39 is 15.9 Å². The number of hydrogen-bond acceptors (Lipinski definition) is 5. The van der Waals surface area contributed by atoms with Crippen LogP contribution >= 0.6 is 0 Å². The van der Waals surface area contributed by atoms with Gasteiger partial charge >= 0.3 is 0 Å². The third-order valence-corrected chi connectivity index (χ3v) is 4.34. The average molecular weight is 405 g/mol. The third kappa shape index (κ3) is 6.27. The van der Waals surface area contributed by atoms with Crippen molar-refractivity contribution in [2.75, 3.05) is 29.9 Å². The van der Waals surface area contributed by atoms with E-state index in [1.165, 1.54) is 25.1 Å². The monoisotopic (exact) mass is 405 g/mol. The summed E-state index contributed by atoms with van der Waals surface area (Å²) in [6.45, 7) is 1.66. The first-order valence-corrected chi connectivity index (χ1v) is 10.4. The fraction of sp³-hybridized carbons (Fsp3) is 0.263. The highest BCUT2D eigenvalue weighted by Crippen LogP contribution is 2.22. The second-order valence-corrected chi connectivity index (χ2v) is 7.88. The number of rotatable bonds is 8. The Labute approximate surface area is 164 Å². The summed E-state index contributed by atoms with van der Waals surface area (Å²) >= 11 is 0. The minimum atomic E-state index is -3.58. The van der Waals surface area contributed by atoms with Crippen LogP contribution in [-0.2, 0) is 21.2 Å². The number of benzene rings is 2. The number of para-hydroxylation sites is 1. The molecule has 0 saturated carbocycles. The van der Waals surface area contributed by atoms with Crippen LogP contribution in [0.15, 0.2) is 42.5 Å². The van der Waals surface area contributed by atoms with Gasteiger partial charge in [0.1, 0.15) is 5.75 Å². The fourth-order valence-electron chi connectivity index (χ4n) is 2.62. The summed E-state index contributed by atoms with van der Waals surface area (Å²) in [6, 6.07) is 11.8. The van der Waals surface area contributed by atoms with Gasteiger partial charge in [0.15, 0.2) is 0 Å². The second kappa shape index (κ2) is 9.23. The van der Waals surface area contributed by atoms with Crippen molar-refractivity contribution in [3.8, 4) is 5.75 Å².